The summed E-state index contributed by atoms with van der Waals surface area (Å²) in [4.78, 5) is 18.0. The van der Waals surface area contributed by atoms with Crippen LogP contribution < -0.4 is 15.0 Å². The molecular weight excluding hydrogens is 439 g/mol. The summed E-state index contributed by atoms with van der Waals surface area (Å²) in [6.07, 6.45) is 0. The summed E-state index contributed by atoms with van der Waals surface area (Å²) in [5.41, 5.74) is 2.16. The van der Waals surface area contributed by atoms with Crippen molar-refractivity contribution >= 4 is 34.3 Å². The number of rotatable bonds is 5. The molecule has 2 heterocycles. The minimum absolute atomic E-state index is 0.129. The standard InChI is InChI=1S/C23H16ClFN2O3S/c24-18-10-16(25)7-6-15(18)12-31-23-26-19-4-2-1-3-17(19)22(28)27(23)11-14-5-8-20-21(9-14)30-13-29-20/h1-10H,11-13H2. The van der Waals surface area contributed by atoms with Crippen molar-refractivity contribution in [2.24, 2.45) is 0 Å². The number of thioether (sulfide) groups is 1. The lowest BCUT2D eigenvalue weighted by atomic mass is 10.2. The van der Waals surface area contributed by atoms with E-state index in [0.717, 1.165) is 11.1 Å². The number of hydrogen-bond acceptors (Lipinski definition) is 5. The van der Waals surface area contributed by atoms with Gasteiger partial charge in [-0.1, -0.05) is 47.6 Å². The molecule has 8 heteroatoms. The number of fused-ring (bicyclic) bond motifs is 2. The van der Waals surface area contributed by atoms with Crippen LogP contribution in [0.5, 0.6) is 11.5 Å². The van der Waals surface area contributed by atoms with Gasteiger partial charge in [-0.05, 0) is 47.5 Å². The van der Waals surface area contributed by atoms with Gasteiger partial charge in [0.15, 0.2) is 16.7 Å². The van der Waals surface area contributed by atoms with Crippen LogP contribution in [0, 0.1) is 5.82 Å². The average Bonchev–Trinajstić information content (AvgIpc) is 3.23. The summed E-state index contributed by atoms with van der Waals surface area (Å²) in [6, 6.07) is 17.2. The van der Waals surface area contributed by atoms with E-state index in [0.29, 0.717) is 44.9 Å². The van der Waals surface area contributed by atoms with Crippen molar-refractivity contribution in [3.63, 3.8) is 0 Å². The zero-order valence-corrected chi connectivity index (χ0v) is 17.8. The van der Waals surface area contributed by atoms with Crippen LogP contribution in [0.15, 0.2) is 70.6 Å². The minimum atomic E-state index is -0.387. The normalized spacial score (nSPS) is 12.5. The molecule has 1 aromatic heterocycles. The molecule has 0 N–H and O–H groups in total. The average molecular weight is 455 g/mol. The van der Waals surface area contributed by atoms with Gasteiger partial charge in [0.25, 0.3) is 5.56 Å². The zero-order chi connectivity index (χ0) is 21.4. The third-order valence-corrected chi connectivity index (χ3v) is 6.35. The van der Waals surface area contributed by atoms with Crippen LogP contribution in [-0.4, -0.2) is 16.3 Å². The number of nitrogens with zero attached hydrogens (tertiary/aromatic N) is 2. The Kier molecular flexibility index (Phi) is 5.29. The molecular formula is C23H16ClFN2O3S. The highest BCUT2D eigenvalue weighted by molar-refractivity contribution is 7.98. The van der Waals surface area contributed by atoms with E-state index in [1.54, 1.807) is 16.7 Å². The maximum absolute atomic E-state index is 13.4. The van der Waals surface area contributed by atoms with Gasteiger partial charge >= 0.3 is 0 Å². The van der Waals surface area contributed by atoms with Crippen molar-refractivity contribution in [2.75, 3.05) is 6.79 Å². The number of aromatic nitrogens is 2. The molecule has 156 valence electrons. The highest BCUT2D eigenvalue weighted by Crippen LogP contribution is 2.33. The molecule has 0 saturated heterocycles. The topological polar surface area (TPSA) is 53.4 Å². The maximum atomic E-state index is 13.4. The van der Waals surface area contributed by atoms with Crippen LogP contribution >= 0.6 is 23.4 Å². The van der Waals surface area contributed by atoms with Crippen LogP contribution in [0.4, 0.5) is 4.39 Å². The Bertz CT molecular complexity index is 1360. The molecule has 1 aliphatic rings. The number of ether oxygens (including phenoxy) is 2. The van der Waals surface area contributed by atoms with Gasteiger partial charge in [0.2, 0.25) is 6.79 Å². The van der Waals surface area contributed by atoms with E-state index in [2.05, 4.69) is 0 Å². The highest BCUT2D eigenvalue weighted by Gasteiger charge is 2.16. The predicted molar refractivity (Wildman–Crippen MR) is 119 cm³/mol. The second kappa shape index (κ2) is 8.24. The van der Waals surface area contributed by atoms with Crippen molar-refractivity contribution in [3.05, 3.63) is 93.0 Å². The predicted octanol–water partition coefficient (Wildman–Crippen LogP) is 5.26. The molecule has 3 aromatic carbocycles. The lowest BCUT2D eigenvalue weighted by molar-refractivity contribution is 0.174. The first-order chi connectivity index (χ1) is 15.1. The molecule has 5 nitrogen and oxygen atoms in total. The van der Waals surface area contributed by atoms with Gasteiger partial charge < -0.3 is 9.47 Å². The molecule has 0 unspecified atom stereocenters. The van der Waals surface area contributed by atoms with Crippen molar-refractivity contribution in [3.8, 4) is 11.5 Å². The fraction of sp³-hybridized carbons (Fsp3) is 0.130. The summed E-state index contributed by atoms with van der Waals surface area (Å²) in [5.74, 6) is 1.41. The number of para-hydroxylation sites is 1. The van der Waals surface area contributed by atoms with Gasteiger partial charge in [-0.15, -0.1) is 0 Å². The summed E-state index contributed by atoms with van der Waals surface area (Å²) in [5, 5.41) is 1.45. The van der Waals surface area contributed by atoms with Gasteiger partial charge in [0.1, 0.15) is 5.82 Å². The van der Waals surface area contributed by atoms with Gasteiger partial charge in [-0.2, -0.15) is 0 Å². The lowest BCUT2D eigenvalue weighted by Crippen LogP contribution is -2.24. The first kappa shape index (κ1) is 19.9. The number of benzene rings is 3. The van der Waals surface area contributed by atoms with Crippen molar-refractivity contribution in [1.29, 1.82) is 0 Å². The molecule has 0 radical (unpaired) electrons. The molecule has 4 aromatic rings. The molecule has 0 amide bonds. The second-order valence-corrected chi connectivity index (χ2v) is 8.36. The van der Waals surface area contributed by atoms with Crippen molar-refractivity contribution in [1.82, 2.24) is 9.55 Å². The maximum Gasteiger partial charge on any atom is 0.262 e. The fourth-order valence-electron chi connectivity index (χ4n) is 3.40. The third kappa shape index (κ3) is 3.98. The van der Waals surface area contributed by atoms with E-state index in [1.165, 1.54) is 23.9 Å². The van der Waals surface area contributed by atoms with E-state index in [4.69, 9.17) is 26.1 Å². The Morgan fingerprint density at radius 3 is 2.77 bits per heavy atom. The van der Waals surface area contributed by atoms with Crippen LogP contribution in [0.3, 0.4) is 0 Å². The first-order valence-corrected chi connectivity index (χ1v) is 10.9. The van der Waals surface area contributed by atoms with Gasteiger partial charge in [-0.25, -0.2) is 9.37 Å². The van der Waals surface area contributed by atoms with E-state index in [1.807, 2.05) is 36.4 Å². The van der Waals surface area contributed by atoms with E-state index >= 15 is 0 Å². The Hall–Kier alpha value is -3.03. The molecule has 0 bridgehead atoms. The molecule has 31 heavy (non-hydrogen) atoms. The Balaban J connectivity index is 1.53. The van der Waals surface area contributed by atoms with Gasteiger partial charge in [-0.3, -0.25) is 9.36 Å². The number of hydrogen-bond donors (Lipinski definition) is 0. The molecule has 0 saturated carbocycles. The molecule has 0 aliphatic carbocycles. The fourth-order valence-corrected chi connectivity index (χ4v) is 4.72. The van der Waals surface area contributed by atoms with E-state index in [9.17, 15) is 9.18 Å². The second-order valence-electron chi connectivity index (χ2n) is 7.01. The zero-order valence-electron chi connectivity index (χ0n) is 16.2. The minimum Gasteiger partial charge on any atom is -0.454 e. The SMILES string of the molecule is O=c1c2ccccc2nc(SCc2ccc(F)cc2Cl)n1Cc1ccc2c(c1)OCO2. The van der Waals surface area contributed by atoms with Crippen LogP contribution in [0.1, 0.15) is 11.1 Å². The largest absolute Gasteiger partial charge is 0.454 e. The summed E-state index contributed by atoms with van der Waals surface area (Å²) in [7, 11) is 0. The van der Waals surface area contributed by atoms with Gasteiger partial charge in [0.05, 0.1) is 17.4 Å². The van der Waals surface area contributed by atoms with Gasteiger partial charge in [0, 0.05) is 10.8 Å². The Morgan fingerprint density at radius 1 is 1.06 bits per heavy atom. The summed E-state index contributed by atoms with van der Waals surface area (Å²) >= 11 is 7.56. The van der Waals surface area contributed by atoms with Crippen LogP contribution in [-0.2, 0) is 12.3 Å². The highest BCUT2D eigenvalue weighted by atomic mass is 35.5. The smallest absolute Gasteiger partial charge is 0.262 e. The lowest BCUT2D eigenvalue weighted by Gasteiger charge is -2.14. The van der Waals surface area contributed by atoms with E-state index in [-0.39, 0.29) is 18.2 Å². The monoisotopic (exact) mass is 454 g/mol. The molecule has 5 rings (SSSR count). The van der Waals surface area contributed by atoms with Crippen molar-refractivity contribution < 1.29 is 13.9 Å². The molecule has 0 atom stereocenters. The quantitative estimate of drug-likeness (QED) is 0.304. The molecule has 0 spiro atoms. The van der Waals surface area contributed by atoms with Crippen LogP contribution in [0.25, 0.3) is 10.9 Å². The van der Waals surface area contributed by atoms with Crippen LogP contribution in [0.2, 0.25) is 5.02 Å². The molecule has 0 fully saturated rings. The Labute approximate surface area is 186 Å². The summed E-state index contributed by atoms with van der Waals surface area (Å²) in [6.45, 7) is 0.516. The first-order valence-electron chi connectivity index (χ1n) is 9.53. The third-order valence-electron chi connectivity index (χ3n) is 4.98. The Morgan fingerprint density at radius 2 is 1.90 bits per heavy atom. The molecule has 1 aliphatic heterocycles. The van der Waals surface area contributed by atoms with Crippen molar-refractivity contribution in [2.45, 2.75) is 17.5 Å². The summed E-state index contributed by atoms with van der Waals surface area (Å²) < 4.78 is 25.8. The number of halogens is 2. The van der Waals surface area contributed by atoms with E-state index < -0.39 is 0 Å².